The standard InChI is InChI=1S/C11H13N3O2/c1-2-3-6-16-11(15)8-4-5-9-10(7-8)13-14-12-9/h4-5,7H,2-3,6H2,1H3,(H,12,13,14). The van der Waals surface area contributed by atoms with Gasteiger partial charge in [0.2, 0.25) is 0 Å². The quantitative estimate of drug-likeness (QED) is 0.630. The van der Waals surface area contributed by atoms with Crippen molar-refractivity contribution in [2.24, 2.45) is 0 Å². The molecule has 0 atom stereocenters. The summed E-state index contributed by atoms with van der Waals surface area (Å²) in [6.07, 6.45) is 1.90. The van der Waals surface area contributed by atoms with Crippen LogP contribution in [0, 0.1) is 0 Å². The van der Waals surface area contributed by atoms with E-state index < -0.39 is 0 Å². The van der Waals surface area contributed by atoms with Crippen LogP contribution in [0.2, 0.25) is 0 Å². The van der Waals surface area contributed by atoms with E-state index in [-0.39, 0.29) is 5.97 Å². The summed E-state index contributed by atoms with van der Waals surface area (Å²) < 4.78 is 5.10. The first kappa shape index (κ1) is 10.6. The molecule has 0 bridgehead atoms. The van der Waals surface area contributed by atoms with Crippen molar-refractivity contribution in [2.45, 2.75) is 19.8 Å². The highest BCUT2D eigenvalue weighted by molar-refractivity contribution is 5.93. The molecule has 1 N–H and O–H groups in total. The van der Waals surface area contributed by atoms with E-state index in [1.807, 2.05) is 0 Å². The smallest absolute Gasteiger partial charge is 0.338 e. The molecule has 1 aromatic heterocycles. The lowest BCUT2D eigenvalue weighted by molar-refractivity contribution is 0.0500. The number of ether oxygens (including phenoxy) is 1. The van der Waals surface area contributed by atoms with Gasteiger partial charge in [-0.15, -0.1) is 0 Å². The van der Waals surface area contributed by atoms with Crippen LogP contribution in [0.1, 0.15) is 30.1 Å². The fraction of sp³-hybridized carbons (Fsp3) is 0.364. The van der Waals surface area contributed by atoms with Crippen LogP contribution in [0.5, 0.6) is 0 Å². The maximum absolute atomic E-state index is 11.6. The largest absolute Gasteiger partial charge is 0.462 e. The van der Waals surface area contributed by atoms with Crippen molar-refractivity contribution in [2.75, 3.05) is 6.61 Å². The first-order valence-corrected chi connectivity index (χ1v) is 5.29. The molecule has 2 rings (SSSR count). The van der Waals surface area contributed by atoms with Crippen molar-refractivity contribution in [3.05, 3.63) is 23.8 Å². The molecule has 0 saturated carbocycles. The van der Waals surface area contributed by atoms with E-state index in [1.54, 1.807) is 18.2 Å². The van der Waals surface area contributed by atoms with Crippen molar-refractivity contribution in [3.63, 3.8) is 0 Å². The van der Waals surface area contributed by atoms with Crippen LogP contribution < -0.4 is 0 Å². The number of aromatic amines is 1. The number of nitrogens with zero attached hydrogens (tertiary/aromatic N) is 2. The van der Waals surface area contributed by atoms with E-state index in [2.05, 4.69) is 22.3 Å². The Morgan fingerprint density at radius 3 is 3.00 bits per heavy atom. The average Bonchev–Trinajstić information content (AvgIpc) is 2.76. The number of H-pyrrole nitrogens is 1. The Morgan fingerprint density at radius 2 is 2.19 bits per heavy atom. The first-order chi connectivity index (χ1) is 7.81. The first-order valence-electron chi connectivity index (χ1n) is 5.29. The fourth-order valence-electron chi connectivity index (χ4n) is 1.36. The van der Waals surface area contributed by atoms with Gasteiger partial charge in [-0.25, -0.2) is 4.79 Å². The molecule has 0 amide bonds. The van der Waals surface area contributed by atoms with Gasteiger partial charge in [0.25, 0.3) is 0 Å². The summed E-state index contributed by atoms with van der Waals surface area (Å²) in [7, 11) is 0. The number of hydrogen-bond acceptors (Lipinski definition) is 4. The molecule has 1 heterocycles. The van der Waals surface area contributed by atoms with E-state index in [4.69, 9.17) is 4.74 Å². The van der Waals surface area contributed by atoms with Gasteiger partial charge < -0.3 is 4.74 Å². The molecule has 5 nitrogen and oxygen atoms in total. The summed E-state index contributed by atoms with van der Waals surface area (Å²) in [5.41, 5.74) is 1.92. The zero-order valence-electron chi connectivity index (χ0n) is 9.06. The Balaban J connectivity index is 2.10. The molecule has 0 unspecified atom stereocenters. The van der Waals surface area contributed by atoms with E-state index in [0.717, 1.165) is 18.4 Å². The van der Waals surface area contributed by atoms with Crippen molar-refractivity contribution >= 4 is 17.0 Å². The van der Waals surface area contributed by atoms with Crippen molar-refractivity contribution in [3.8, 4) is 0 Å². The molecule has 0 saturated heterocycles. The van der Waals surface area contributed by atoms with Gasteiger partial charge in [-0.05, 0) is 24.6 Å². The number of aromatic nitrogens is 3. The summed E-state index contributed by atoms with van der Waals surface area (Å²) in [4.78, 5) is 11.6. The number of rotatable bonds is 4. The van der Waals surface area contributed by atoms with E-state index in [1.165, 1.54) is 0 Å². The Kier molecular flexibility index (Phi) is 3.14. The minimum absolute atomic E-state index is 0.307. The van der Waals surface area contributed by atoms with Crippen LogP contribution in [0.25, 0.3) is 11.0 Å². The predicted octanol–water partition coefficient (Wildman–Crippen LogP) is 1.91. The molecule has 16 heavy (non-hydrogen) atoms. The highest BCUT2D eigenvalue weighted by Crippen LogP contribution is 2.11. The van der Waals surface area contributed by atoms with Crippen molar-refractivity contribution < 1.29 is 9.53 Å². The number of fused-ring (bicyclic) bond motifs is 1. The highest BCUT2D eigenvalue weighted by atomic mass is 16.5. The van der Waals surface area contributed by atoms with Gasteiger partial charge in [0, 0.05) is 0 Å². The number of benzene rings is 1. The zero-order chi connectivity index (χ0) is 11.4. The lowest BCUT2D eigenvalue weighted by Crippen LogP contribution is -2.06. The average molecular weight is 219 g/mol. The third-order valence-electron chi connectivity index (χ3n) is 2.28. The summed E-state index contributed by atoms with van der Waals surface area (Å²) >= 11 is 0. The third-order valence-corrected chi connectivity index (χ3v) is 2.28. The van der Waals surface area contributed by atoms with E-state index in [0.29, 0.717) is 17.7 Å². The van der Waals surface area contributed by atoms with Crippen molar-refractivity contribution in [1.29, 1.82) is 0 Å². The molecule has 0 aliphatic carbocycles. The number of carbonyl (C=O) groups is 1. The molecule has 0 aliphatic heterocycles. The lowest BCUT2D eigenvalue weighted by Gasteiger charge is -2.02. The van der Waals surface area contributed by atoms with Crippen molar-refractivity contribution in [1.82, 2.24) is 15.4 Å². The molecule has 0 radical (unpaired) electrons. The SMILES string of the molecule is CCCCOC(=O)c1ccc2n[nH]nc2c1. The Morgan fingerprint density at radius 1 is 1.38 bits per heavy atom. The van der Waals surface area contributed by atoms with Gasteiger partial charge in [-0.2, -0.15) is 15.4 Å². The van der Waals surface area contributed by atoms with Gasteiger partial charge in [0.1, 0.15) is 11.0 Å². The molecule has 0 aliphatic rings. The van der Waals surface area contributed by atoms with Gasteiger partial charge in [-0.1, -0.05) is 13.3 Å². The number of carbonyl (C=O) groups excluding carboxylic acids is 1. The number of esters is 1. The summed E-state index contributed by atoms with van der Waals surface area (Å²) in [6.45, 7) is 2.52. The second-order valence-electron chi connectivity index (χ2n) is 3.52. The molecule has 0 spiro atoms. The predicted molar refractivity (Wildman–Crippen MR) is 59.1 cm³/mol. The van der Waals surface area contributed by atoms with Crippen LogP contribution in [0.15, 0.2) is 18.2 Å². The van der Waals surface area contributed by atoms with Gasteiger partial charge in [0.15, 0.2) is 0 Å². The Bertz CT molecular complexity index is 493. The third kappa shape index (κ3) is 2.18. The maximum Gasteiger partial charge on any atom is 0.338 e. The van der Waals surface area contributed by atoms with E-state index >= 15 is 0 Å². The second kappa shape index (κ2) is 4.74. The molecule has 5 heteroatoms. The summed E-state index contributed by atoms with van der Waals surface area (Å²) in [5.74, 6) is -0.307. The lowest BCUT2D eigenvalue weighted by atomic mass is 10.2. The second-order valence-corrected chi connectivity index (χ2v) is 3.52. The molecule has 2 aromatic rings. The monoisotopic (exact) mass is 219 g/mol. The summed E-state index contributed by atoms with van der Waals surface area (Å²) in [6, 6.07) is 5.11. The van der Waals surface area contributed by atoms with Crippen LogP contribution in [-0.4, -0.2) is 28.0 Å². The minimum atomic E-state index is -0.307. The molecular formula is C11H13N3O2. The normalized spacial score (nSPS) is 10.6. The van der Waals surface area contributed by atoms with Crippen LogP contribution >= 0.6 is 0 Å². The van der Waals surface area contributed by atoms with Crippen LogP contribution in [0.4, 0.5) is 0 Å². The maximum atomic E-state index is 11.6. The molecule has 1 aromatic carbocycles. The number of hydrogen-bond donors (Lipinski definition) is 1. The number of nitrogens with one attached hydrogen (secondary N) is 1. The minimum Gasteiger partial charge on any atom is -0.462 e. The van der Waals surface area contributed by atoms with E-state index in [9.17, 15) is 4.79 Å². The van der Waals surface area contributed by atoms with Gasteiger partial charge in [-0.3, -0.25) is 0 Å². The number of unbranched alkanes of at least 4 members (excludes halogenated alkanes) is 1. The Labute approximate surface area is 92.8 Å². The highest BCUT2D eigenvalue weighted by Gasteiger charge is 2.08. The Hall–Kier alpha value is -1.91. The van der Waals surface area contributed by atoms with Crippen LogP contribution in [-0.2, 0) is 4.74 Å². The summed E-state index contributed by atoms with van der Waals surface area (Å²) in [5, 5.41) is 10.3. The van der Waals surface area contributed by atoms with Gasteiger partial charge in [0.05, 0.1) is 12.2 Å². The molecule has 0 fully saturated rings. The zero-order valence-corrected chi connectivity index (χ0v) is 9.06. The molecule has 84 valence electrons. The van der Waals surface area contributed by atoms with Crippen LogP contribution in [0.3, 0.4) is 0 Å². The topological polar surface area (TPSA) is 67.9 Å². The fourth-order valence-corrected chi connectivity index (χ4v) is 1.36. The van der Waals surface area contributed by atoms with Gasteiger partial charge >= 0.3 is 5.97 Å². The molecular weight excluding hydrogens is 206 g/mol.